The molecule has 0 bridgehead atoms. The summed E-state index contributed by atoms with van der Waals surface area (Å²) in [6.45, 7) is 4.00. The van der Waals surface area contributed by atoms with Crippen molar-refractivity contribution in [1.29, 1.82) is 0 Å². The van der Waals surface area contributed by atoms with Crippen LogP contribution in [0.5, 0.6) is 11.5 Å². The zero-order valence-corrected chi connectivity index (χ0v) is 16.1. The van der Waals surface area contributed by atoms with Gasteiger partial charge in [-0.2, -0.15) is 0 Å². The molecular formula is C22H32N2O2. The smallest absolute Gasteiger partial charge is 0.118 e. The molecule has 2 N–H and O–H groups in total. The van der Waals surface area contributed by atoms with E-state index in [0.717, 1.165) is 37.7 Å². The van der Waals surface area contributed by atoms with Gasteiger partial charge in [0, 0.05) is 13.1 Å². The van der Waals surface area contributed by atoms with E-state index >= 15 is 0 Å². The fourth-order valence-corrected chi connectivity index (χ4v) is 2.81. The summed E-state index contributed by atoms with van der Waals surface area (Å²) in [7, 11) is 3.39. The third kappa shape index (κ3) is 7.89. The highest BCUT2D eigenvalue weighted by Gasteiger charge is 1.96. The molecular weight excluding hydrogens is 324 g/mol. The van der Waals surface area contributed by atoms with Crippen molar-refractivity contribution in [3.8, 4) is 11.5 Å². The first kappa shape index (κ1) is 20.3. The molecule has 0 saturated heterocycles. The molecule has 0 saturated carbocycles. The average Bonchev–Trinajstić information content (AvgIpc) is 2.70. The highest BCUT2D eigenvalue weighted by atomic mass is 16.5. The molecule has 4 nitrogen and oxygen atoms in total. The minimum atomic E-state index is 0.911. The summed E-state index contributed by atoms with van der Waals surface area (Å²) in [5.74, 6) is 1.82. The quantitative estimate of drug-likeness (QED) is 0.529. The largest absolute Gasteiger partial charge is 0.497 e. The van der Waals surface area contributed by atoms with Gasteiger partial charge in [-0.3, -0.25) is 0 Å². The second-order valence-electron chi connectivity index (χ2n) is 6.46. The Balaban J connectivity index is 1.41. The van der Waals surface area contributed by atoms with Crippen LogP contribution in [0.4, 0.5) is 0 Å². The fourth-order valence-electron chi connectivity index (χ4n) is 2.81. The number of rotatable bonds is 13. The number of hydrogen-bond acceptors (Lipinski definition) is 4. The van der Waals surface area contributed by atoms with Gasteiger partial charge in [-0.1, -0.05) is 37.1 Å². The normalized spacial score (nSPS) is 10.7. The predicted octanol–water partition coefficient (Wildman–Crippen LogP) is 4.14. The molecule has 0 fully saturated rings. The molecule has 0 heterocycles. The molecule has 4 heteroatoms. The van der Waals surface area contributed by atoms with E-state index in [1.807, 2.05) is 24.3 Å². The molecule has 0 aliphatic heterocycles. The maximum absolute atomic E-state index is 5.17. The highest BCUT2D eigenvalue weighted by molar-refractivity contribution is 5.27. The lowest BCUT2D eigenvalue weighted by molar-refractivity contribution is 0.414. The molecule has 0 aliphatic carbocycles. The van der Waals surface area contributed by atoms with E-state index in [1.54, 1.807) is 14.2 Å². The first-order chi connectivity index (χ1) is 12.8. The Kier molecular flexibility index (Phi) is 9.62. The van der Waals surface area contributed by atoms with Gasteiger partial charge < -0.3 is 20.1 Å². The first-order valence-electron chi connectivity index (χ1n) is 9.49. The number of nitrogens with one attached hydrogen (secondary N) is 2. The lowest BCUT2D eigenvalue weighted by atomic mass is 10.1. The van der Waals surface area contributed by atoms with Crippen LogP contribution in [-0.4, -0.2) is 27.3 Å². The summed E-state index contributed by atoms with van der Waals surface area (Å²) in [5.41, 5.74) is 2.60. The molecule has 0 spiro atoms. The van der Waals surface area contributed by atoms with Crippen molar-refractivity contribution in [2.45, 2.75) is 38.8 Å². The maximum atomic E-state index is 5.17. The van der Waals surface area contributed by atoms with E-state index in [1.165, 1.54) is 36.8 Å². The van der Waals surface area contributed by atoms with Crippen LogP contribution in [0.1, 0.15) is 36.8 Å². The summed E-state index contributed by atoms with van der Waals surface area (Å²) in [4.78, 5) is 0. The second kappa shape index (κ2) is 12.3. The van der Waals surface area contributed by atoms with Gasteiger partial charge in [-0.05, 0) is 61.3 Å². The van der Waals surface area contributed by atoms with Crippen LogP contribution in [0.3, 0.4) is 0 Å². The van der Waals surface area contributed by atoms with Crippen LogP contribution in [0, 0.1) is 0 Å². The average molecular weight is 357 g/mol. The monoisotopic (exact) mass is 356 g/mol. The van der Waals surface area contributed by atoms with Crippen LogP contribution in [0.25, 0.3) is 0 Å². The molecule has 0 aromatic heterocycles. The summed E-state index contributed by atoms with van der Waals surface area (Å²) >= 11 is 0. The van der Waals surface area contributed by atoms with E-state index in [0.29, 0.717) is 0 Å². The van der Waals surface area contributed by atoms with Crippen LogP contribution < -0.4 is 20.1 Å². The SMILES string of the molecule is COc1ccc(CNCCCCCCNCc2ccc(OC)cc2)cc1. The van der Waals surface area contributed by atoms with Gasteiger partial charge in [-0.25, -0.2) is 0 Å². The minimum Gasteiger partial charge on any atom is -0.497 e. The van der Waals surface area contributed by atoms with Crippen molar-refractivity contribution < 1.29 is 9.47 Å². The molecule has 2 aromatic carbocycles. The van der Waals surface area contributed by atoms with Gasteiger partial charge in [0.15, 0.2) is 0 Å². The predicted molar refractivity (Wildman–Crippen MR) is 108 cm³/mol. The molecule has 0 atom stereocenters. The van der Waals surface area contributed by atoms with Gasteiger partial charge >= 0.3 is 0 Å². The molecule has 2 rings (SSSR count). The van der Waals surface area contributed by atoms with E-state index in [9.17, 15) is 0 Å². The Hall–Kier alpha value is -2.04. The van der Waals surface area contributed by atoms with Crippen molar-refractivity contribution in [2.24, 2.45) is 0 Å². The van der Waals surface area contributed by atoms with Crippen LogP contribution in [-0.2, 0) is 13.1 Å². The summed E-state index contributed by atoms with van der Waals surface area (Å²) in [6, 6.07) is 16.5. The number of benzene rings is 2. The number of hydrogen-bond donors (Lipinski definition) is 2. The zero-order chi connectivity index (χ0) is 18.5. The molecule has 0 aliphatic rings. The molecule has 2 aromatic rings. The van der Waals surface area contributed by atoms with Gasteiger partial charge in [0.2, 0.25) is 0 Å². The Morgan fingerprint density at radius 2 is 0.962 bits per heavy atom. The van der Waals surface area contributed by atoms with E-state index in [-0.39, 0.29) is 0 Å². The summed E-state index contributed by atoms with van der Waals surface area (Å²) < 4.78 is 10.3. The highest BCUT2D eigenvalue weighted by Crippen LogP contribution is 2.12. The second-order valence-corrected chi connectivity index (χ2v) is 6.46. The first-order valence-corrected chi connectivity index (χ1v) is 9.49. The Bertz CT molecular complexity index is 541. The maximum Gasteiger partial charge on any atom is 0.118 e. The van der Waals surface area contributed by atoms with Crippen LogP contribution >= 0.6 is 0 Å². The number of ether oxygens (including phenoxy) is 2. The van der Waals surface area contributed by atoms with Crippen molar-refractivity contribution >= 4 is 0 Å². The summed E-state index contributed by atoms with van der Waals surface area (Å²) in [5, 5.41) is 7.01. The van der Waals surface area contributed by atoms with Gasteiger partial charge in [0.1, 0.15) is 11.5 Å². The Morgan fingerprint density at radius 3 is 1.31 bits per heavy atom. The minimum absolute atomic E-state index is 0.911. The zero-order valence-electron chi connectivity index (χ0n) is 16.1. The molecule has 142 valence electrons. The number of unbranched alkanes of at least 4 members (excludes halogenated alkanes) is 3. The number of methoxy groups -OCH3 is 2. The molecule has 0 amide bonds. The Labute approximate surface area is 157 Å². The van der Waals surface area contributed by atoms with Gasteiger partial charge in [-0.15, -0.1) is 0 Å². The van der Waals surface area contributed by atoms with E-state index < -0.39 is 0 Å². The van der Waals surface area contributed by atoms with Crippen molar-refractivity contribution in [3.05, 3.63) is 59.7 Å². The van der Waals surface area contributed by atoms with E-state index in [4.69, 9.17) is 9.47 Å². The Morgan fingerprint density at radius 1 is 0.577 bits per heavy atom. The van der Waals surface area contributed by atoms with Gasteiger partial charge in [0.25, 0.3) is 0 Å². The third-order valence-corrected chi connectivity index (χ3v) is 4.43. The lowest BCUT2D eigenvalue weighted by Gasteiger charge is -2.07. The molecule has 26 heavy (non-hydrogen) atoms. The van der Waals surface area contributed by atoms with E-state index in [2.05, 4.69) is 34.9 Å². The van der Waals surface area contributed by atoms with Crippen LogP contribution in [0.2, 0.25) is 0 Å². The third-order valence-electron chi connectivity index (χ3n) is 4.43. The van der Waals surface area contributed by atoms with Crippen molar-refractivity contribution in [1.82, 2.24) is 10.6 Å². The standard InChI is InChI=1S/C22H32N2O2/c1-25-21-11-7-19(8-12-21)17-23-15-5-3-4-6-16-24-18-20-9-13-22(26-2)14-10-20/h7-14,23-24H,3-6,15-18H2,1-2H3. The molecule has 0 radical (unpaired) electrons. The van der Waals surface area contributed by atoms with Crippen LogP contribution in [0.15, 0.2) is 48.5 Å². The van der Waals surface area contributed by atoms with Crippen molar-refractivity contribution in [2.75, 3.05) is 27.3 Å². The van der Waals surface area contributed by atoms with Crippen molar-refractivity contribution in [3.63, 3.8) is 0 Å². The summed E-state index contributed by atoms with van der Waals surface area (Å²) in [6.07, 6.45) is 5.02. The topological polar surface area (TPSA) is 42.5 Å². The molecule has 0 unspecified atom stereocenters. The van der Waals surface area contributed by atoms with Gasteiger partial charge in [0.05, 0.1) is 14.2 Å². The fraction of sp³-hybridized carbons (Fsp3) is 0.455. The lowest BCUT2D eigenvalue weighted by Crippen LogP contribution is -2.16.